The van der Waals surface area contributed by atoms with Gasteiger partial charge < -0.3 is 15.0 Å². The van der Waals surface area contributed by atoms with E-state index in [-0.39, 0.29) is 12.1 Å². The van der Waals surface area contributed by atoms with Crippen molar-refractivity contribution in [2.24, 2.45) is 0 Å². The number of hydrogen-bond acceptors (Lipinski definition) is 5. The predicted molar refractivity (Wildman–Crippen MR) is 67.8 cm³/mol. The molecule has 1 saturated heterocycles. The van der Waals surface area contributed by atoms with Gasteiger partial charge in [-0.1, -0.05) is 0 Å². The first-order valence-corrected chi connectivity index (χ1v) is 6.43. The molecule has 9 heteroatoms. The van der Waals surface area contributed by atoms with Crippen LogP contribution < -0.4 is 10.2 Å². The van der Waals surface area contributed by atoms with Crippen LogP contribution in [0.3, 0.4) is 0 Å². The van der Waals surface area contributed by atoms with Crippen LogP contribution in [-0.4, -0.2) is 42.3 Å². The average Bonchev–Trinajstić information content (AvgIpc) is 2.47. The number of rotatable bonds is 2. The van der Waals surface area contributed by atoms with Gasteiger partial charge in [-0.25, -0.2) is 14.8 Å². The van der Waals surface area contributed by atoms with Gasteiger partial charge in [0.1, 0.15) is 11.8 Å². The Bertz CT molecular complexity index is 502. The summed E-state index contributed by atoms with van der Waals surface area (Å²) in [5, 5.41) is 2.35. The summed E-state index contributed by atoms with van der Waals surface area (Å²) in [5.41, 5.74) is -0.962. The molecule has 1 N–H and O–H groups in total. The Kier molecular flexibility index (Phi) is 4.49. The van der Waals surface area contributed by atoms with Crippen LogP contribution in [0.1, 0.15) is 18.5 Å². The number of hydrogen-bond donors (Lipinski definition) is 1. The Morgan fingerprint density at radius 1 is 1.43 bits per heavy atom. The number of nitrogens with one attached hydrogen (secondary N) is 1. The molecule has 1 aliphatic rings. The summed E-state index contributed by atoms with van der Waals surface area (Å²) in [6.07, 6.45) is -3.10. The Balaban J connectivity index is 1.98. The molecule has 0 aromatic carbocycles. The van der Waals surface area contributed by atoms with Crippen LogP contribution in [0.15, 0.2) is 12.3 Å². The minimum atomic E-state index is -4.49. The number of carbonyl (C=O) groups is 1. The summed E-state index contributed by atoms with van der Waals surface area (Å²) < 4.78 is 42.9. The predicted octanol–water partition coefficient (Wildman–Crippen LogP) is 1.82. The monoisotopic (exact) mass is 304 g/mol. The number of aromatic nitrogens is 2. The lowest BCUT2D eigenvalue weighted by molar-refractivity contribution is -0.141. The normalized spacial score (nSPS) is 16.7. The van der Waals surface area contributed by atoms with Gasteiger partial charge in [0.15, 0.2) is 0 Å². The van der Waals surface area contributed by atoms with Crippen molar-refractivity contribution >= 4 is 12.0 Å². The van der Waals surface area contributed by atoms with Gasteiger partial charge >= 0.3 is 12.3 Å². The second-order valence-electron chi connectivity index (χ2n) is 4.58. The number of alkyl carbamates (subject to hydrolysis) is 1. The summed E-state index contributed by atoms with van der Waals surface area (Å²) in [6, 6.07) is 0.838. The molecule has 1 amide bonds. The zero-order valence-corrected chi connectivity index (χ0v) is 11.4. The SMILES string of the molecule is CNC(=O)OC1CCN(c2nccc(C(F)(F)F)n2)CC1. The number of piperidine rings is 1. The minimum Gasteiger partial charge on any atom is -0.446 e. The van der Waals surface area contributed by atoms with Crippen LogP contribution in [0, 0.1) is 0 Å². The number of ether oxygens (including phenoxy) is 1. The van der Waals surface area contributed by atoms with Crippen molar-refractivity contribution in [1.82, 2.24) is 15.3 Å². The van der Waals surface area contributed by atoms with Crippen molar-refractivity contribution in [3.05, 3.63) is 18.0 Å². The second kappa shape index (κ2) is 6.15. The average molecular weight is 304 g/mol. The summed E-state index contributed by atoms with van der Waals surface area (Å²) in [4.78, 5) is 20.2. The van der Waals surface area contributed by atoms with Crippen LogP contribution in [0.5, 0.6) is 0 Å². The van der Waals surface area contributed by atoms with E-state index in [0.717, 1.165) is 12.3 Å². The Hall–Kier alpha value is -2.06. The van der Waals surface area contributed by atoms with Crippen LogP contribution in [0.2, 0.25) is 0 Å². The van der Waals surface area contributed by atoms with E-state index in [1.807, 2.05) is 0 Å². The van der Waals surface area contributed by atoms with Gasteiger partial charge in [-0.05, 0) is 6.07 Å². The number of anilines is 1. The fraction of sp³-hybridized carbons (Fsp3) is 0.583. The third-order valence-corrected chi connectivity index (χ3v) is 3.14. The smallest absolute Gasteiger partial charge is 0.433 e. The number of nitrogens with zero attached hydrogens (tertiary/aromatic N) is 3. The molecular weight excluding hydrogens is 289 g/mol. The molecule has 6 nitrogen and oxygen atoms in total. The fourth-order valence-electron chi connectivity index (χ4n) is 2.04. The van der Waals surface area contributed by atoms with Crippen molar-refractivity contribution in [3.63, 3.8) is 0 Å². The molecule has 0 bridgehead atoms. The highest BCUT2D eigenvalue weighted by molar-refractivity contribution is 5.66. The van der Waals surface area contributed by atoms with Gasteiger partial charge in [0.2, 0.25) is 5.95 Å². The molecule has 0 spiro atoms. The molecule has 1 aliphatic heterocycles. The lowest BCUT2D eigenvalue weighted by Gasteiger charge is -2.31. The van der Waals surface area contributed by atoms with E-state index in [9.17, 15) is 18.0 Å². The topological polar surface area (TPSA) is 67.3 Å². The van der Waals surface area contributed by atoms with Crippen molar-refractivity contribution < 1.29 is 22.7 Å². The van der Waals surface area contributed by atoms with Gasteiger partial charge in [0.05, 0.1) is 0 Å². The summed E-state index contributed by atoms with van der Waals surface area (Å²) in [6.45, 7) is 0.867. The highest BCUT2D eigenvalue weighted by Crippen LogP contribution is 2.28. The molecule has 21 heavy (non-hydrogen) atoms. The Labute approximate surface area is 119 Å². The van der Waals surface area contributed by atoms with Crippen LogP contribution >= 0.6 is 0 Å². The van der Waals surface area contributed by atoms with Crippen molar-refractivity contribution in [2.45, 2.75) is 25.1 Å². The van der Waals surface area contributed by atoms with E-state index < -0.39 is 18.0 Å². The summed E-state index contributed by atoms with van der Waals surface area (Å²) >= 11 is 0. The van der Waals surface area contributed by atoms with Crippen LogP contribution in [-0.2, 0) is 10.9 Å². The van der Waals surface area contributed by atoms with E-state index in [2.05, 4.69) is 15.3 Å². The van der Waals surface area contributed by atoms with Gasteiger partial charge in [-0.3, -0.25) is 0 Å². The lowest BCUT2D eigenvalue weighted by Crippen LogP contribution is -2.40. The van der Waals surface area contributed by atoms with Crippen molar-refractivity contribution in [1.29, 1.82) is 0 Å². The molecule has 116 valence electrons. The molecule has 0 radical (unpaired) electrons. The third-order valence-electron chi connectivity index (χ3n) is 3.14. The summed E-state index contributed by atoms with van der Waals surface area (Å²) in [7, 11) is 1.47. The second-order valence-corrected chi connectivity index (χ2v) is 4.58. The number of halogens is 3. The van der Waals surface area contributed by atoms with E-state index in [0.29, 0.717) is 25.9 Å². The molecule has 0 atom stereocenters. The molecule has 1 aromatic heterocycles. The first kappa shape index (κ1) is 15.3. The van der Waals surface area contributed by atoms with E-state index in [1.165, 1.54) is 7.05 Å². The van der Waals surface area contributed by atoms with E-state index >= 15 is 0 Å². The molecule has 1 aromatic rings. The van der Waals surface area contributed by atoms with E-state index in [4.69, 9.17) is 4.74 Å². The first-order chi connectivity index (χ1) is 9.90. The molecule has 2 heterocycles. The Morgan fingerprint density at radius 2 is 2.10 bits per heavy atom. The van der Waals surface area contributed by atoms with E-state index in [1.54, 1.807) is 4.90 Å². The highest BCUT2D eigenvalue weighted by atomic mass is 19.4. The van der Waals surface area contributed by atoms with Crippen molar-refractivity contribution in [2.75, 3.05) is 25.0 Å². The molecular formula is C12H15F3N4O2. The van der Waals surface area contributed by atoms with Crippen LogP contribution in [0.4, 0.5) is 23.9 Å². The zero-order valence-electron chi connectivity index (χ0n) is 11.4. The lowest BCUT2D eigenvalue weighted by atomic mass is 10.1. The van der Waals surface area contributed by atoms with Crippen molar-refractivity contribution in [3.8, 4) is 0 Å². The standard InChI is InChI=1S/C12H15F3N4O2/c1-16-11(20)21-8-3-6-19(7-4-8)10-17-5-2-9(18-10)12(13,14)15/h2,5,8H,3-4,6-7H2,1H3,(H,16,20). The third kappa shape index (κ3) is 3.96. The number of alkyl halides is 3. The Morgan fingerprint density at radius 3 is 2.67 bits per heavy atom. The molecule has 2 rings (SSSR count). The maximum absolute atomic E-state index is 12.6. The van der Waals surface area contributed by atoms with Gasteiger partial charge in [-0.15, -0.1) is 0 Å². The minimum absolute atomic E-state index is 0.0446. The van der Waals surface area contributed by atoms with Gasteiger partial charge in [0.25, 0.3) is 0 Å². The molecule has 0 saturated carbocycles. The van der Waals surface area contributed by atoms with Crippen LogP contribution in [0.25, 0.3) is 0 Å². The number of carbonyl (C=O) groups excluding carboxylic acids is 1. The van der Waals surface area contributed by atoms with Gasteiger partial charge in [-0.2, -0.15) is 13.2 Å². The van der Waals surface area contributed by atoms with Gasteiger partial charge in [0, 0.05) is 39.2 Å². The largest absolute Gasteiger partial charge is 0.446 e. The molecule has 1 fully saturated rings. The highest BCUT2D eigenvalue weighted by Gasteiger charge is 2.33. The number of amides is 1. The quantitative estimate of drug-likeness (QED) is 0.902. The fourth-order valence-corrected chi connectivity index (χ4v) is 2.04. The maximum Gasteiger partial charge on any atom is 0.433 e. The molecule has 0 unspecified atom stereocenters. The summed E-state index contributed by atoms with van der Waals surface area (Å²) in [5.74, 6) is 0.0446. The first-order valence-electron chi connectivity index (χ1n) is 6.43. The zero-order chi connectivity index (χ0) is 15.5. The molecule has 0 aliphatic carbocycles. The maximum atomic E-state index is 12.6.